The number of aromatic carboxylic acids is 1. The highest BCUT2D eigenvalue weighted by atomic mass is 35.5. The fraction of sp³-hybridized carbons (Fsp3) is 0.312. The zero-order chi connectivity index (χ0) is 17.3. The molecule has 1 aromatic heterocycles. The van der Waals surface area contributed by atoms with Crippen LogP contribution in [0.25, 0.3) is 0 Å². The number of carbonyl (C=O) groups is 2. The highest BCUT2D eigenvalue weighted by Crippen LogP contribution is 2.24. The third-order valence-electron chi connectivity index (χ3n) is 4.00. The minimum Gasteiger partial charge on any atom is -0.476 e. The Hall–Kier alpha value is -2.54. The van der Waals surface area contributed by atoms with Gasteiger partial charge in [-0.2, -0.15) is 5.10 Å². The summed E-state index contributed by atoms with van der Waals surface area (Å²) in [6, 6.07) is 6.59. The molecule has 0 spiro atoms. The number of nitrogens with one attached hydrogen (secondary N) is 1. The number of carboxylic acid groups (broad SMARTS) is 1. The van der Waals surface area contributed by atoms with Gasteiger partial charge in [0.2, 0.25) is 0 Å². The van der Waals surface area contributed by atoms with Gasteiger partial charge in [0.15, 0.2) is 5.69 Å². The zero-order valence-corrected chi connectivity index (χ0v) is 13.9. The lowest BCUT2D eigenvalue weighted by Gasteiger charge is -2.27. The zero-order valence-electron chi connectivity index (χ0n) is 13.1. The van der Waals surface area contributed by atoms with E-state index >= 15 is 0 Å². The Morgan fingerprint density at radius 3 is 2.88 bits per heavy atom. The summed E-state index contributed by atoms with van der Waals surface area (Å²) in [5.41, 5.74) is 2.12. The molecule has 0 atom stereocenters. The van der Waals surface area contributed by atoms with Crippen molar-refractivity contribution < 1.29 is 14.7 Å². The van der Waals surface area contributed by atoms with E-state index in [1.165, 1.54) is 0 Å². The minimum absolute atomic E-state index is 0.0205. The maximum Gasteiger partial charge on any atom is 0.356 e. The summed E-state index contributed by atoms with van der Waals surface area (Å²) in [6.45, 7) is 3.25. The Kier molecular flexibility index (Phi) is 4.44. The summed E-state index contributed by atoms with van der Waals surface area (Å²) in [4.78, 5) is 25.4. The second-order valence-electron chi connectivity index (χ2n) is 5.51. The van der Waals surface area contributed by atoms with Crippen molar-refractivity contribution in [3.05, 3.63) is 46.2 Å². The topological polar surface area (TPSA) is 87.5 Å². The highest BCUT2D eigenvalue weighted by molar-refractivity contribution is 6.30. The second kappa shape index (κ2) is 6.52. The number of fused-ring (bicyclic) bond motifs is 1. The average molecular weight is 349 g/mol. The number of amides is 2. The number of benzene rings is 1. The van der Waals surface area contributed by atoms with Crippen LogP contribution < -0.4 is 5.32 Å². The van der Waals surface area contributed by atoms with E-state index in [0.29, 0.717) is 35.8 Å². The third kappa shape index (κ3) is 3.07. The van der Waals surface area contributed by atoms with Crippen LogP contribution in [0, 0.1) is 0 Å². The maximum absolute atomic E-state index is 12.4. The molecule has 0 radical (unpaired) electrons. The Balaban J connectivity index is 1.80. The molecule has 0 saturated carbocycles. The van der Waals surface area contributed by atoms with Gasteiger partial charge in [0, 0.05) is 41.5 Å². The number of anilines is 1. The number of urea groups is 1. The number of hydrogen-bond donors (Lipinski definition) is 2. The summed E-state index contributed by atoms with van der Waals surface area (Å²) in [5, 5.41) is 16.8. The first-order valence-electron chi connectivity index (χ1n) is 7.63. The molecular formula is C16H17ClN4O3. The number of halogens is 1. The van der Waals surface area contributed by atoms with E-state index in [4.69, 9.17) is 11.6 Å². The third-order valence-corrected chi connectivity index (χ3v) is 4.23. The smallest absolute Gasteiger partial charge is 0.356 e. The molecule has 0 unspecified atom stereocenters. The molecule has 1 aromatic carbocycles. The van der Waals surface area contributed by atoms with Gasteiger partial charge in [-0.15, -0.1) is 0 Å². The van der Waals surface area contributed by atoms with Gasteiger partial charge in [0.1, 0.15) is 0 Å². The summed E-state index contributed by atoms with van der Waals surface area (Å²) in [5.74, 6) is -1.07. The van der Waals surface area contributed by atoms with Gasteiger partial charge >= 0.3 is 12.0 Å². The molecule has 3 rings (SSSR count). The molecule has 7 nitrogen and oxygen atoms in total. The van der Waals surface area contributed by atoms with Gasteiger partial charge in [0.25, 0.3) is 0 Å². The van der Waals surface area contributed by atoms with Crippen LogP contribution in [0.1, 0.15) is 28.7 Å². The normalized spacial score (nSPS) is 13.5. The largest absolute Gasteiger partial charge is 0.476 e. The first-order valence-corrected chi connectivity index (χ1v) is 8.00. The second-order valence-corrected chi connectivity index (χ2v) is 5.94. The number of hydrogen-bond acceptors (Lipinski definition) is 3. The molecule has 0 aliphatic carbocycles. The lowest BCUT2D eigenvalue weighted by molar-refractivity contribution is 0.0687. The Labute approximate surface area is 143 Å². The summed E-state index contributed by atoms with van der Waals surface area (Å²) >= 11 is 5.91. The van der Waals surface area contributed by atoms with Crippen LogP contribution in [0.3, 0.4) is 0 Å². The summed E-state index contributed by atoms with van der Waals surface area (Å²) in [7, 11) is 0. The molecule has 2 heterocycles. The van der Waals surface area contributed by atoms with Crippen molar-refractivity contribution in [3.63, 3.8) is 0 Å². The van der Waals surface area contributed by atoms with E-state index in [1.54, 1.807) is 33.8 Å². The van der Waals surface area contributed by atoms with Crippen molar-refractivity contribution in [3.8, 4) is 0 Å². The van der Waals surface area contributed by atoms with E-state index in [1.807, 2.05) is 6.92 Å². The lowest BCUT2D eigenvalue weighted by Crippen LogP contribution is -2.39. The van der Waals surface area contributed by atoms with E-state index in [0.717, 1.165) is 5.69 Å². The lowest BCUT2D eigenvalue weighted by atomic mass is 10.1. The van der Waals surface area contributed by atoms with Crippen molar-refractivity contribution in [1.29, 1.82) is 0 Å². The first kappa shape index (κ1) is 16.3. The molecule has 126 valence electrons. The Morgan fingerprint density at radius 1 is 1.42 bits per heavy atom. The van der Waals surface area contributed by atoms with Crippen LogP contribution in [-0.4, -0.2) is 38.3 Å². The van der Waals surface area contributed by atoms with Gasteiger partial charge in [-0.1, -0.05) is 17.7 Å². The number of carbonyl (C=O) groups excluding carboxylic acids is 1. The summed E-state index contributed by atoms with van der Waals surface area (Å²) in [6.07, 6.45) is 0.576. The van der Waals surface area contributed by atoms with Crippen molar-refractivity contribution >= 4 is 29.3 Å². The number of aromatic nitrogens is 2. The molecule has 24 heavy (non-hydrogen) atoms. The number of carboxylic acids is 1. The first-order chi connectivity index (χ1) is 11.5. The van der Waals surface area contributed by atoms with Gasteiger partial charge < -0.3 is 15.3 Å². The standard InChI is InChI=1S/C16H17ClN4O3/c1-2-21-13-6-7-20(9-12(13)14(19-21)15(22)23)16(24)18-11-5-3-4-10(17)8-11/h3-5,8H,2,6-7,9H2,1H3,(H,18,24)(H,22,23). The maximum atomic E-state index is 12.4. The highest BCUT2D eigenvalue weighted by Gasteiger charge is 2.29. The van der Waals surface area contributed by atoms with Crippen molar-refractivity contribution in [2.75, 3.05) is 11.9 Å². The molecule has 0 saturated heterocycles. The van der Waals surface area contributed by atoms with E-state index in [-0.39, 0.29) is 18.3 Å². The van der Waals surface area contributed by atoms with E-state index in [2.05, 4.69) is 10.4 Å². The molecule has 0 fully saturated rings. The minimum atomic E-state index is -1.07. The van der Waals surface area contributed by atoms with Gasteiger partial charge in [-0.05, 0) is 25.1 Å². The molecular weight excluding hydrogens is 332 g/mol. The molecule has 2 aromatic rings. The monoisotopic (exact) mass is 348 g/mol. The number of aryl methyl sites for hydroxylation is 1. The molecule has 2 N–H and O–H groups in total. The van der Waals surface area contributed by atoms with Crippen molar-refractivity contribution in [2.45, 2.75) is 26.4 Å². The average Bonchev–Trinajstić information content (AvgIpc) is 2.93. The van der Waals surface area contributed by atoms with E-state index < -0.39 is 5.97 Å². The predicted molar refractivity (Wildman–Crippen MR) is 89.4 cm³/mol. The van der Waals surface area contributed by atoms with Crippen molar-refractivity contribution in [1.82, 2.24) is 14.7 Å². The van der Waals surface area contributed by atoms with Crippen LogP contribution in [-0.2, 0) is 19.5 Å². The molecule has 8 heteroatoms. The van der Waals surface area contributed by atoms with Gasteiger partial charge in [-0.3, -0.25) is 4.68 Å². The molecule has 2 amide bonds. The van der Waals surface area contributed by atoms with Crippen LogP contribution in [0.2, 0.25) is 5.02 Å². The molecule has 1 aliphatic rings. The van der Waals surface area contributed by atoms with E-state index in [9.17, 15) is 14.7 Å². The molecule has 0 bridgehead atoms. The number of nitrogens with zero attached hydrogens (tertiary/aromatic N) is 3. The quantitative estimate of drug-likeness (QED) is 0.892. The van der Waals surface area contributed by atoms with Crippen LogP contribution in [0.4, 0.5) is 10.5 Å². The number of rotatable bonds is 3. The van der Waals surface area contributed by atoms with Crippen molar-refractivity contribution in [2.24, 2.45) is 0 Å². The van der Waals surface area contributed by atoms with Gasteiger partial charge in [0.05, 0.1) is 6.54 Å². The van der Waals surface area contributed by atoms with Gasteiger partial charge in [-0.25, -0.2) is 9.59 Å². The fourth-order valence-corrected chi connectivity index (χ4v) is 3.06. The molecule has 1 aliphatic heterocycles. The van der Waals surface area contributed by atoms with Crippen LogP contribution in [0.5, 0.6) is 0 Å². The fourth-order valence-electron chi connectivity index (χ4n) is 2.87. The van der Waals surface area contributed by atoms with Crippen LogP contribution in [0.15, 0.2) is 24.3 Å². The van der Waals surface area contributed by atoms with Crippen LogP contribution >= 0.6 is 11.6 Å². The Bertz CT molecular complexity index is 803. The Morgan fingerprint density at radius 2 is 2.21 bits per heavy atom. The SMILES string of the molecule is CCn1nc(C(=O)O)c2c1CCN(C(=O)Nc1cccc(Cl)c1)C2. The summed E-state index contributed by atoms with van der Waals surface area (Å²) < 4.78 is 1.70. The predicted octanol–water partition coefficient (Wildman–Crippen LogP) is 2.84.